The zero-order valence-corrected chi connectivity index (χ0v) is 14.5. The number of rotatable bonds is 1. The summed E-state index contributed by atoms with van der Waals surface area (Å²) < 4.78 is 0. The monoisotopic (exact) mass is 290 g/mol. The van der Waals surface area contributed by atoms with Gasteiger partial charge in [0.2, 0.25) is 0 Å². The van der Waals surface area contributed by atoms with Crippen molar-refractivity contribution in [2.24, 2.45) is 17.8 Å². The van der Waals surface area contributed by atoms with Crippen LogP contribution in [0, 0.1) is 17.8 Å². The van der Waals surface area contributed by atoms with E-state index in [1.165, 1.54) is 102 Å². The molecule has 2 fully saturated rings. The maximum absolute atomic E-state index is 4.40. The van der Waals surface area contributed by atoms with Gasteiger partial charge in [-0.15, -0.1) is 0 Å². The Hall–Kier alpha value is -0.260. The van der Waals surface area contributed by atoms with E-state index in [1.807, 2.05) is 0 Å². The van der Waals surface area contributed by atoms with E-state index >= 15 is 0 Å². The molecule has 0 aromatic carbocycles. The van der Waals surface area contributed by atoms with Crippen molar-refractivity contribution in [3.63, 3.8) is 0 Å². The molecule has 0 nitrogen and oxygen atoms in total. The van der Waals surface area contributed by atoms with Gasteiger partial charge in [0.15, 0.2) is 0 Å². The van der Waals surface area contributed by atoms with Crippen molar-refractivity contribution in [2.75, 3.05) is 0 Å². The molecule has 0 N–H and O–H groups in total. The fourth-order valence-corrected chi connectivity index (χ4v) is 4.96. The van der Waals surface area contributed by atoms with E-state index in [4.69, 9.17) is 0 Å². The van der Waals surface area contributed by atoms with Crippen LogP contribution in [0.3, 0.4) is 0 Å². The topological polar surface area (TPSA) is 0 Å². The minimum Gasteiger partial charge on any atom is -0.0999 e. The van der Waals surface area contributed by atoms with Crippen LogP contribution in [-0.2, 0) is 0 Å². The van der Waals surface area contributed by atoms with Crippen LogP contribution in [-0.4, -0.2) is 0 Å². The molecule has 0 aliphatic heterocycles. The van der Waals surface area contributed by atoms with Gasteiger partial charge >= 0.3 is 0 Å². The van der Waals surface area contributed by atoms with Gasteiger partial charge in [-0.2, -0.15) is 0 Å². The number of hydrogen-bond donors (Lipinski definition) is 0. The highest BCUT2D eigenvalue weighted by atomic mass is 14.3. The summed E-state index contributed by atoms with van der Waals surface area (Å²) in [6.45, 7) is 6.71. The van der Waals surface area contributed by atoms with Crippen LogP contribution >= 0.6 is 0 Å². The molecule has 0 heterocycles. The minimum absolute atomic E-state index is 0.825. The van der Waals surface area contributed by atoms with Crippen molar-refractivity contribution in [3.8, 4) is 0 Å². The summed E-state index contributed by atoms with van der Waals surface area (Å²) in [5.74, 6) is 2.78. The highest BCUT2D eigenvalue weighted by Crippen LogP contribution is 2.41. The lowest BCUT2D eigenvalue weighted by Gasteiger charge is -2.34. The second-order valence-electron chi connectivity index (χ2n) is 7.92. The van der Waals surface area contributed by atoms with Gasteiger partial charge in [0.1, 0.15) is 0 Å². The summed E-state index contributed by atoms with van der Waals surface area (Å²) in [4.78, 5) is 0. The van der Waals surface area contributed by atoms with Gasteiger partial charge in [-0.25, -0.2) is 0 Å². The third-order valence-corrected chi connectivity index (χ3v) is 6.21. The van der Waals surface area contributed by atoms with Gasteiger partial charge in [-0.3, -0.25) is 0 Å². The van der Waals surface area contributed by atoms with Crippen molar-refractivity contribution in [2.45, 2.75) is 103 Å². The van der Waals surface area contributed by atoms with Crippen LogP contribution in [0.5, 0.6) is 0 Å². The molecule has 0 spiro atoms. The van der Waals surface area contributed by atoms with Crippen molar-refractivity contribution in [1.82, 2.24) is 0 Å². The number of allylic oxidation sites excluding steroid dienone is 1. The smallest absolute Gasteiger partial charge is 0.0178 e. The van der Waals surface area contributed by atoms with E-state index < -0.39 is 0 Å². The van der Waals surface area contributed by atoms with Crippen LogP contribution in [0.4, 0.5) is 0 Å². The molecular formula is C21H38. The Labute approximate surface area is 133 Å². The molecule has 122 valence electrons. The summed E-state index contributed by atoms with van der Waals surface area (Å²) in [7, 11) is 0. The fraction of sp³-hybridized carbons (Fsp3) is 0.905. The first-order valence-electron chi connectivity index (χ1n) is 9.94. The van der Waals surface area contributed by atoms with E-state index in [-0.39, 0.29) is 0 Å². The molecular weight excluding hydrogens is 252 g/mol. The molecule has 3 unspecified atom stereocenters. The van der Waals surface area contributed by atoms with Gasteiger partial charge in [0, 0.05) is 0 Å². The minimum atomic E-state index is 0.825. The van der Waals surface area contributed by atoms with Gasteiger partial charge in [0.05, 0.1) is 0 Å². The molecule has 2 aliphatic carbocycles. The molecule has 0 aromatic heterocycles. The molecule has 2 rings (SSSR count). The lowest BCUT2D eigenvalue weighted by molar-refractivity contribution is 0.197. The van der Waals surface area contributed by atoms with Crippen molar-refractivity contribution in [1.29, 1.82) is 0 Å². The van der Waals surface area contributed by atoms with Crippen molar-refractivity contribution < 1.29 is 0 Å². The molecule has 0 radical (unpaired) electrons. The Morgan fingerprint density at radius 2 is 1.05 bits per heavy atom. The molecule has 0 aromatic rings. The van der Waals surface area contributed by atoms with Crippen molar-refractivity contribution >= 4 is 0 Å². The van der Waals surface area contributed by atoms with Crippen LogP contribution in [0.1, 0.15) is 103 Å². The zero-order chi connectivity index (χ0) is 14.9. The van der Waals surface area contributed by atoms with Crippen LogP contribution < -0.4 is 0 Å². The molecule has 0 saturated heterocycles. The first kappa shape index (κ1) is 17.1. The Morgan fingerprint density at radius 3 is 1.57 bits per heavy atom. The SMILES string of the molecule is C=C(C)C1CCCCCCCCC2CCCCCCCC21. The fourth-order valence-electron chi connectivity index (χ4n) is 4.96. The maximum atomic E-state index is 4.40. The van der Waals surface area contributed by atoms with E-state index in [9.17, 15) is 0 Å². The molecule has 2 aliphatic rings. The second-order valence-corrected chi connectivity index (χ2v) is 7.92. The molecule has 0 amide bonds. The van der Waals surface area contributed by atoms with Crippen LogP contribution in [0.2, 0.25) is 0 Å². The summed E-state index contributed by atoms with van der Waals surface area (Å²) in [5.41, 5.74) is 1.49. The van der Waals surface area contributed by atoms with Gasteiger partial charge in [0.25, 0.3) is 0 Å². The highest BCUT2D eigenvalue weighted by Gasteiger charge is 2.29. The Kier molecular flexibility index (Phi) is 7.89. The zero-order valence-electron chi connectivity index (χ0n) is 14.5. The van der Waals surface area contributed by atoms with E-state index in [1.54, 1.807) is 0 Å². The van der Waals surface area contributed by atoms with Gasteiger partial charge in [-0.1, -0.05) is 95.6 Å². The predicted molar refractivity (Wildman–Crippen MR) is 94.5 cm³/mol. The quantitative estimate of drug-likeness (QED) is 0.445. The van der Waals surface area contributed by atoms with Crippen LogP contribution in [0.15, 0.2) is 12.2 Å². The average Bonchev–Trinajstić information content (AvgIpc) is 2.54. The molecule has 2 saturated carbocycles. The van der Waals surface area contributed by atoms with E-state index in [0.717, 1.165) is 17.8 Å². The summed E-state index contributed by atoms with van der Waals surface area (Å²) >= 11 is 0. The maximum Gasteiger partial charge on any atom is -0.0178 e. The Morgan fingerprint density at radius 1 is 0.619 bits per heavy atom. The Bertz CT molecular complexity index is 290. The predicted octanol–water partition coefficient (Wildman–Crippen LogP) is 7.29. The van der Waals surface area contributed by atoms with Gasteiger partial charge in [-0.05, 0) is 37.5 Å². The van der Waals surface area contributed by atoms with E-state index in [0.29, 0.717) is 0 Å². The first-order chi connectivity index (χ1) is 10.3. The third kappa shape index (κ3) is 5.80. The second kappa shape index (κ2) is 9.70. The van der Waals surface area contributed by atoms with Gasteiger partial charge < -0.3 is 0 Å². The summed E-state index contributed by atoms with van der Waals surface area (Å²) in [6, 6.07) is 0. The molecule has 0 bridgehead atoms. The largest absolute Gasteiger partial charge is 0.0999 e. The average molecular weight is 291 g/mol. The standard InChI is InChI=1S/C21H38/c1-18(2)20-16-12-8-4-3-6-10-14-19-15-11-7-5-9-13-17-21(19)20/h19-21H,1,3-17H2,2H3. The number of hydrogen-bond acceptors (Lipinski definition) is 0. The van der Waals surface area contributed by atoms with E-state index in [2.05, 4.69) is 13.5 Å². The molecule has 21 heavy (non-hydrogen) atoms. The molecule has 3 atom stereocenters. The lowest BCUT2D eigenvalue weighted by atomic mass is 9.71. The summed E-state index contributed by atoms with van der Waals surface area (Å²) in [6.07, 6.45) is 22.2. The first-order valence-corrected chi connectivity index (χ1v) is 9.94. The Balaban J connectivity index is 2.11. The summed E-state index contributed by atoms with van der Waals surface area (Å²) in [5, 5.41) is 0. The highest BCUT2D eigenvalue weighted by molar-refractivity contribution is 5.00. The third-order valence-electron chi connectivity index (χ3n) is 6.21. The van der Waals surface area contributed by atoms with Crippen molar-refractivity contribution in [3.05, 3.63) is 12.2 Å². The normalized spacial score (nSPS) is 33.7. The van der Waals surface area contributed by atoms with Crippen LogP contribution in [0.25, 0.3) is 0 Å². The lowest BCUT2D eigenvalue weighted by Crippen LogP contribution is -2.25. The number of fused-ring (bicyclic) bond motifs is 1. The molecule has 0 heteroatoms.